The molecule has 3 aromatic carbocycles. The first-order valence-electron chi connectivity index (χ1n) is 9.56. The minimum Gasteiger partial charge on any atom is -0.497 e. The molecule has 1 amide bonds. The highest BCUT2D eigenvalue weighted by Crippen LogP contribution is 2.30. The number of anilines is 2. The van der Waals surface area contributed by atoms with Gasteiger partial charge < -0.3 is 14.8 Å². The first-order chi connectivity index (χ1) is 14.8. The summed E-state index contributed by atoms with van der Waals surface area (Å²) in [7, 11) is -2.26. The molecule has 0 aliphatic heterocycles. The number of sulfonamides is 1. The van der Waals surface area contributed by atoms with E-state index in [0.717, 1.165) is 10.6 Å². The second kappa shape index (κ2) is 9.53. The van der Waals surface area contributed by atoms with Crippen LogP contribution < -0.4 is 19.1 Å². The zero-order valence-corrected chi connectivity index (χ0v) is 18.3. The van der Waals surface area contributed by atoms with Crippen LogP contribution in [0.4, 0.5) is 11.4 Å². The van der Waals surface area contributed by atoms with Crippen LogP contribution in [-0.4, -0.2) is 33.7 Å². The number of hydrogen-bond donors (Lipinski definition) is 1. The third-order valence-electron chi connectivity index (χ3n) is 4.51. The van der Waals surface area contributed by atoms with Gasteiger partial charge in [-0.2, -0.15) is 0 Å². The zero-order valence-electron chi connectivity index (χ0n) is 17.5. The Bertz CT molecular complexity index is 1150. The van der Waals surface area contributed by atoms with Crippen LogP contribution in [0.15, 0.2) is 78.9 Å². The molecular weight excluding hydrogens is 416 g/mol. The molecule has 0 radical (unpaired) electrons. The number of benzene rings is 3. The molecule has 7 nitrogen and oxygen atoms in total. The van der Waals surface area contributed by atoms with E-state index in [9.17, 15) is 13.2 Å². The SMILES string of the molecule is COc1cccc(N([C@@H](C)C(=O)Nc2ccccc2Oc2ccccc2)S(C)(=O)=O)c1. The number of amides is 1. The van der Waals surface area contributed by atoms with Crippen LogP contribution in [0.1, 0.15) is 6.92 Å². The van der Waals surface area contributed by atoms with Gasteiger partial charge >= 0.3 is 0 Å². The van der Waals surface area contributed by atoms with Gasteiger partial charge in [0.15, 0.2) is 5.75 Å². The van der Waals surface area contributed by atoms with Crippen molar-refractivity contribution in [3.05, 3.63) is 78.9 Å². The summed E-state index contributed by atoms with van der Waals surface area (Å²) < 4.78 is 37.2. The Morgan fingerprint density at radius 2 is 1.58 bits per heavy atom. The van der Waals surface area contributed by atoms with Crippen molar-refractivity contribution in [1.82, 2.24) is 0 Å². The molecule has 31 heavy (non-hydrogen) atoms. The fourth-order valence-electron chi connectivity index (χ4n) is 3.07. The van der Waals surface area contributed by atoms with Gasteiger partial charge in [0.2, 0.25) is 15.9 Å². The van der Waals surface area contributed by atoms with Crippen molar-refractivity contribution in [3.63, 3.8) is 0 Å². The molecule has 0 unspecified atom stereocenters. The number of rotatable bonds is 8. The molecule has 8 heteroatoms. The number of carbonyl (C=O) groups excluding carboxylic acids is 1. The van der Waals surface area contributed by atoms with Gasteiger partial charge in [-0.15, -0.1) is 0 Å². The first kappa shape index (κ1) is 22.2. The molecule has 3 aromatic rings. The van der Waals surface area contributed by atoms with Crippen molar-refractivity contribution in [3.8, 4) is 17.2 Å². The summed E-state index contributed by atoms with van der Waals surface area (Å²) in [6.45, 7) is 1.52. The van der Waals surface area contributed by atoms with E-state index < -0.39 is 22.0 Å². The quantitative estimate of drug-likeness (QED) is 0.565. The maximum atomic E-state index is 13.0. The highest BCUT2D eigenvalue weighted by Gasteiger charge is 2.30. The highest BCUT2D eigenvalue weighted by molar-refractivity contribution is 7.92. The Morgan fingerprint density at radius 1 is 0.935 bits per heavy atom. The predicted molar refractivity (Wildman–Crippen MR) is 121 cm³/mol. The summed E-state index contributed by atoms with van der Waals surface area (Å²) in [5.41, 5.74) is 0.764. The molecule has 3 rings (SSSR count). The fraction of sp³-hybridized carbons (Fsp3) is 0.174. The Balaban J connectivity index is 1.86. The van der Waals surface area contributed by atoms with Gasteiger partial charge in [0, 0.05) is 6.07 Å². The van der Waals surface area contributed by atoms with Gasteiger partial charge in [-0.25, -0.2) is 8.42 Å². The van der Waals surface area contributed by atoms with E-state index in [1.807, 2.05) is 18.2 Å². The molecule has 0 fully saturated rings. The number of ether oxygens (including phenoxy) is 2. The average molecular weight is 441 g/mol. The van der Waals surface area contributed by atoms with E-state index in [0.29, 0.717) is 28.6 Å². The highest BCUT2D eigenvalue weighted by atomic mass is 32.2. The van der Waals surface area contributed by atoms with E-state index in [4.69, 9.17) is 9.47 Å². The van der Waals surface area contributed by atoms with Crippen molar-refractivity contribution in [2.45, 2.75) is 13.0 Å². The molecule has 0 spiro atoms. The number of nitrogens with one attached hydrogen (secondary N) is 1. The van der Waals surface area contributed by atoms with Crippen molar-refractivity contribution >= 4 is 27.3 Å². The Hall–Kier alpha value is -3.52. The number of carbonyl (C=O) groups is 1. The number of hydrogen-bond acceptors (Lipinski definition) is 5. The van der Waals surface area contributed by atoms with Gasteiger partial charge in [-0.05, 0) is 43.3 Å². The lowest BCUT2D eigenvalue weighted by atomic mass is 10.2. The summed E-state index contributed by atoms with van der Waals surface area (Å²) in [5.74, 6) is 1.05. The smallest absolute Gasteiger partial charge is 0.248 e. The first-order valence-corrected chi connectivity index (χ1v) is 11.4. The molecular formula is C23H24N2O5S. The largest absolute Gasteiger partial charge is 0.497 e. The Kier molecular flexibility index (Phi) is 6.81. The Morgan fingerprint density at radius 3 is 2.26 bits per heavy atom. The third kappa shape index (κ3) is 5.55. The number of nitrogens with zero attached hydrogens (tertiary/aromatic N) is 1. The molecule has 0 aliphatic carbocycles. The summed E-state index contributed by atoms with van der Waals surface area (Å²) in [5, 5.41) is 2.78. The van der Waals surface area contributed by atoms with E-state index in [1.165, 1.54) is 14.0 Å². The normalized spacial score (nSPS) is 12.0. The summed E-state index contributed by atoms with van der Waals surface area (Å²) in [6.07, 6.45) is 1.06. The van der Waals surface area contributed by atoms with E-state index in [-0.39, 0.29) is 0 Å². The lowest BCUT2D eigenvalue weighted by Crippen LogP contribution is -2.45. The van der Waals surface area contributed by atoms with E-state index >= 15 is 0 Å². The van der Waals surface area contributed by atoms with Crippen LogP contribution in [0.5, 0.6) is 17.2 Å². The van der Waals surface area contributed by atoms with Crippen LogP contribution in [0.25, 0.3) is 0 Å². The number of methoxy groups -OCH3 is 1. The average Bonchev–Trinajstić information content (AvgIpc) is 2.75. The molecule has 0 aromatic heterocycles. The van der Waals surface area contributed by atoms with Gasteiger partial charge in [0.1, 0.15) is 17.5 Å². The predicted octanol–water partition coefficient (Wildman–Crippen LogP) is 4.28. The van der Waals surface area contributed by atoms with Crippen molar-refractivity contribution in [2.24, 2.45) is 0 Å². The van der Waals surface area contributed by atoms with E-state index in [1.54, 1.807) is 60.7 Å². The zero-order chi connectivity index (χ0) is 22.4. The van der Waals surface area contributed by atoms with Gasteiger partial charge in [0.05, 0.1) is 24.7 Å². The molecule has 1 atom stereocenters. The lowest BCUT2D eigenvalue weighted by molar-refractivity contribution is -0.116. The van der Waals surface area contributed by atoms with Crippen LogP contribution in [-0.2, 0) is 14.8 Å². The van der Waals surface area contributed by atoms with Crippen LogP contribution in [0.3, 0.4) is 0 Å². The van der Waals surface area contributed by atoms with Crippen molar-refractivity contribution < 1.29 is 22.7 Å². The van der Waals surface area contributed by atoms with Gasteiger partial charge in [-0.1, -0.05) is 36.4 Å². The lowest BCUT2D eigenvalue weighted by Gasteiger charge is -2.28. The second-order valence-corrected chi connectivity index (χ2v) is 8.70. The van der Waals surface area contributed by atoms with Crippen molar-refractivity contribution in [2.75, 3.05) is 23.0 Å². The van der Waals surface area contributed by atoms with Gasteiger partial charge in [-0.3, -0.25) is 9.10 Å². The minimum absolute atomic E-state index is 0.332. The molecule has 0 saturated carbocycles. The molecule has 1 N–H and O–H groups in total. The van der Waals surface area contributed by atoms with Crippen LogP contribution >= 0.6 is 0 Å². The van der Waals surface area contributed by atoms with Crippen molar-refractivity contribution in [1.29, 1.82) is 0 Å². The standard InChI is InChI=1S/C23H24N2O5S/c1-17(25(31(3,27)28)18-10-9-13-20(16-18)29-2)23(26)24-21-14-7-8-15-22(21)30-19-11-5-4-6-12-19/h4-17H,1-3H3,(H,24,26)/t17-/m0/s1. The molecule has 0 saturated heterocycles. The molecule has 0 heterocycles. The molecule has 0 aliphatic rings. The van der Waals surface area contributed by atoms with Crippen LogP contribution in [0, 0.1) is 0 Å². The topological polar surface area (TPSA) is 84.9 Å². The van der Waals surface area contributed by atoms with Crippen LogP contribution in [0.2, 0.25) is 0 Å². The number of para-hydroxylation sites is 3. The maximum Gasteiger partial charge on any atom is 0.248 e. The monoisotopic (exact) mass is 440 g/mol. The van der Waals surface area contributed by atoms with E-state index in [2.05, 4.69) is 5.32 Å². The minimum atomic E-state index is -3.75. The van der Waals surface area contributed by atoms with Gasteiger partial charge in [0.25, 0.3) is 0 Å². The third-order valence-corrected chi connectivity index (χ3v) is 5.75. The summed E-state index contributed by atoms with van der Waals surface area (Å²) in [4.78, 5) is 13.0. The molecule has 0 bridgehead atoms. The fourth-order valence-corrected chi connectivity index (χ4v) is 4.23. The maximum absolute atomic E-state index is 13.0. The summed E-state index contributed by atoms with van der Waals surface area (Å²) in [6, 6.07) is 21.7. The summed E-state index contributed by atoms with van der Waals surface area (Å²) >= 11 is 0. The Labute approximate surface area is 182 Å². The second-order valence-electron chi connectivity index (χ2n) is 6.84. The molecule has 162 valence electrons.